The van der Waals surface area contributed by atoms with Gasteiger partial charge in [-0.05, 0) is 0 Å². The van der Waals surface area contributed by atoms with E-state index in [4.69, 9.17) is 5.73 Å². The van der Waals surface area contributed by atoms with E-state index in [1.807, 2.05) is 0 Å². The molecule has 1 aromatic carbocycles. The second kappa shape index (κ2) is 4.64. The quantitative estimate of drug-likeness (QED) is 0.616. The zero-order chi connectivity index (χ0) is 10.9. The number of hydrogen-bond acceptors (Lipinski definition) is 1. The molecule has 1 aromatic rings. The Morgan fingerprint density at radius 3 is 1.64 bits per heavy atom. The molecule has 0 atom stereocenters. The molecule has 1 nitrogen and oxygen atoms in total. The summed E-state index contributed by atoms with van der Waals surface area (Å²) in [7, 11) is 0. The van der Waals surface area contributed by atoms with E-state index in [-0.39, 0.29) is 0 Å². The molecule has 0 aromatic heterocycles. The SMILES string of the molecule is CC(C)c1c[c]([Pb])cc(C(C)C)c1N. The van der Waals surface area contributed by atoms with Crippen LogP contribution in [0.3, 0.4) is 0 Å². The predicted octanol–water partition coefficient (Wildman–Crippen LogP) is 2.31. The van der Waals surface area contributed by atoms with Crippen LogP contribution < -0.4 is 8.86 Å². The summed E-state index contributed by atoms with van der Waals surface area (Å²) in [4.78, 5) is 0. The van der Waals surface area contributed by atoms with Crippen LogP contribution in [0.2, 0.25) is 0 Å². The fourth-order valence-corrected chi connectivity index (χ4v) is 2.86. The van der Waals surface area contributed by atoms with Crippen LogP contribution in [0, 0.1) is 0 Å². The van der Waals surface area contributed by atoms with E-state index in [9.17, 15) is 0 Å². The van der Waals surface area contributed by atoms with Crippen LogP contribution in [-0.4, -0.2) is 25.8 Å². The third-order valence-electron chi connectivity index (χ3n) is 2.49. The monoisotopic (exact) mass is 384 g/mol. The number of benzene rings is 1. The molecule has 1 rings (SSSR count). The Balaban J connectivity index is 3.32. The first-order valence-electron chi connectivity index (χ1n) is 5.08. The minimum atomic E-state index is 0.529. The zero-order valence-corrected chi connectivity index (χ0v) is 13.3. The standard InChI is InChI=1S/C12H18N.Pb/c1-8(2)10-6-5-7-11(9(3)4)12(10)13;/h6-9H,13H2,1-4H3;. The van der Waals surface area contributed by atoms with E-state index in [2.05, 4.69) is 39.8 Å². The summed E-state index contributed by atoms with van der Waals surface area (Å²) < 4.78 is 1.45. The Morgan fingerprint density at radius 1 is 1.00 bits per heavy atom. The van der Waals surface area contributed by atoms with Crippen molar-refractivity contribution in [2.75, 3.05) is 5.73 Å². The van der Waals surface area contributed by atoms with Crippen molar-refractivity contribution in [2.24, 2.45) is 0 Å². The molecule has 0 heterocycles. The van der Waals surface area contributed by atoms with Crippen LogP contribution in [0.15, 0.2) is 12.1 Å². The van der Waals surface area contributed by atoms with Gasteiger partial charge in [0.1, 0.15) is 0 Å². The molecule has 14 heavy (non-hydrogen) atoms. The average molecular weight is 383 g/mol. The molecule has 0 spiro atoms. The molecule has 0 saturated heterocycles. The van der Waals surface area contributed by atoms with Gasteiger partial charge in [0, 0.05) is 0 Å². The van der Waals surface area contributed by atoms with Gasteiger partial charge in [-0.1, -0.05) is 0 Å². The summed E-state index contributed by atoms with van der Waals surface area (Å²) in [6.45, 7) is 8.82. The number of nitrogens with two attached hydrogens (primary N) is 1. The van der Waals surface area contributed by atoms with Crippen molar-refractivity contribution in [1.29, 1.82) is 0 Å². The van der Waals surface area contributed by atoms with E-state index in [1.165, 1.54) is 14.2 Å². The minimum absolute atomic E-state index is 0.529. The Morgan fingerprint density at radius 2 is 1.36 bits per heavy atom. The number of rotatable bonds is 2. The molecule has 0 aliphatic heterocycles. The van der Waals surface area contributed by atoms with Crippen LogP contribution in [0.1, 0.15) is 50.7 Å². The van der Waals surface area contributed by atoms with Crippen molar-refractivity contribution < 1.29 is 0 Å². The Kier molecular flexibility index (Phi) is 3.98. The predicted molar refractivity (Wildman–Crippen MR) is 64.4 cm³/mol. The van der Waals surface area contributed by atoms with Crippen LogP contribution >= 0.6 is 0 Å². The van der Waals surface area contributed by atoms with Gasteiger partial charge in [0.2, 0.25) is 0 Å². The van der Waals surface area contributed by atoms with Crippen molar-refractivity contribution in [3.8, 4) is 0 Å². The van der Waals surface area contributed by atoms with Gasteiger partial charge in [-0.15, -0.1) is 0 Å². The van der Waals surface area contributed by atoms with Gasteiger partial charge >= 0.3 is 103 Å². The summed E-state index contributed by atoms with van der Waals surface area (Å²) in [5.74, 6) is 1.06. The molecular formula is C12H18NPb. The summed E-state index contributed by atoms with van der Waals surface area (Å²) in [5.41, 5.74) is 9.82. The van der Waals surface area contributed by atoms with Gasteiger partial charge in [0.15, 0.2) is 0 Å². The van der Waals surface area contributed by atoms with Gasteiger partial charge in [-0.2, -0.15) is 0 Å². The first-order chi connectivity index (χ1) is 6.43. The number of nitrogen functional groups attached to an aromatic ring is 1. The topological polar surface area (TPSA) is 26.0 Å². The number of hydrogen-bond donors (Lipinski definition) is 1. The van der Waals surface area contributed by atoms with E-state index < -0.39 is 0 Å². The molecule has 2 heteroatoms. The Hall–Kier alpha value is -0.0579. The second-order valence-electron chi connectivity index (χ2n) is 4.38. The van der Waals surface area contributed by atoms with Crippen molar-refractivity contribution >= 4 is 34.6 Å². The van der Waals surface area contributed by atoms with Crippen molar-refractivity contribution in [3.05, 3.63) is 23.3 Å². The fraction of sp³-hybridized carbons (Fsp3) is 0.500. The zero-order valence-electron chi connectivity index (χ0n) is 9.39. The Labute approximate surface area is 103 Å². The maximum absolute atomic E-state index is 6.17. The molecule has 0 amide bonds. The van der Waals surface area contributed by atoms with Crippen molar-refractivity contribution in [2.45, 2.75) is 39.5 Å². The molecular weight excluding hydrogens is 365 g/mol. The molecule has 0 bridgehead atoms. The first kappa shape index (κ1) is 12.0. The molecule has 3 radical (unpaired) electrons. The third-order valence-corrected chi connectivity index (χ3v) is 3.61. The van der Waals surface area contributed by atoms with Crippen LogP contribution in [0.25, 0.3) is 0 Å². The summed E-state index contributed by atoms with van der Waals surface area (Å²) in [6, 6.07) is 4.52. The first-order valence-corrected chi connectivity index (χ1v) is 7.02. The van der Waals surface area contributed by atoms with Gasteiger partial charge < -0.3 is 0 Å². The summed E-state index contributed by atoms with van der Waals surface area (Å²) >= 11 is 1.10. The van der Waals surface area contributed by atoms with E-state index in [0.29, 0.717) is 11.8 Å². The molecule has 0 aliphatic carbocycles. The molecule has 0 unspecified atom stereocenters. The van der Waals surface area contributed by atoms with Crippen molar-refractivity contribution in [3.63, 3.8) is 0 Å². The van der Waals surface area contributed by atoms with Gasteiger partial charge in [0.05, 0.1) is 0 Å². The van der Waals surface area contributed by atoms with Crippen molar-refractivity contribution in [1.82, 2.24) is 0 Å². The average Bonchev–Trinajstić information content (AvgIpc) is 2.07. The van der Waals surface area contributed by atoms with E-state index in [1.54, 1.807) is 0 Å². The Bertz CT molecular complexity index is 300. The van der Waals surface area contributed by atoms with Gasteiger partial charge in [-0.25, -0.2) is 0 Å². The van der Waals surface area contributed by atoms with Gasteiger partial charge in [0.25, 0.3) is 0 Å². The maximum atomic E-state index is 6.17. The van der Waals surface area contributed by atoms with Crippen LogP contribution in [-0.2, 0) is 0 Å². The molecule has 2 N–H and O–H groups in total. The van der Waals surface area contributed by atoms with Crippen LogP contribution in [0.5, 0.6) is 0 Å². The molecule has 0 aliphatic rings. The van der Waals surface area contributed by atoms with Gasteiger partial charge in [-0.3, -0.25) is 0 Å². The normalized spacial score (nSPS) is 11.4. The summed E-state index contributed by atoms with van der Waals surface area (Å²) in [5, 5.41) is 0. The fourth-order valence-electron chi connectivity index (χ4n) is 1.65. The molecule has 0 fully saturated rings. The second-order valence-corrected chi connectivity index (χ2v) is 6.62. The summed E-state index contributed by atoms with van der Waals surface area (Å²) in [6.07, 6.45) is 0. The third kappa shape index (κ3) is 2.49. The molecule has 75 valence electrons. The van der Waals surface area contributed by atoms with E-state index in [0.717, 1.165) is 31.5 Å². The number of anilines is 1. The molecule has 0 saturated carbocycles. The van der Waals surface area contributed by atoms with Crippen LogP contribution in [0.4, 0.5) is 5.69 Å². The van der Waals surface area contributed by atoms with E-state index >= 15 is 0 Å².